The Morgan fingerprint density at radius 3 is 1.41 bits per heavy atom. The fourth-order valence-electron chi connectivity index (χ4n) is 2.68. The van der Waals surface area contributed by atoms with E-state index in [0.717, 1.165) is 12.1 Å². The van der Waals surface area contributed by atoms with Gasteiger partial charge in [0.05, 0.1) is 11.1 Å². The minimum Gasteiger partial charge on any atom is -0.488 e. The lowest BCUT2D eigenvalue weighted by molar-refractivity contribution is 0.0457. The quantitative estimate of drug-likeness (QED) is 0.181. The molecule has 3 rings (SSSR count). The molecule has 0 spiro atoms. The largest absolute Gasteiger partial charge is 0.488 e. The van der Waals surface area contributed by atoms with Gasteiger partial charge in [0.2, 0.25) is 11.6 Å². The van der Waals surface area contributed by atoms with Crippen LogP contribution in [0.3, 0.4) is 0 Å². The summed E-state index contributed by atoms with van der Waals surface area (Å²) in [6, 6.07) is 4.44. The number of para-hydroxylation sites is 1. The topological polar surface area (TPSA) is 35.5 Å². The molecule has 0 aromatic heterocycles. The third kappa shape index (κ3) is 4.37. The van der Waals surface area contributed by atoms with Crippen molar-refractivity contribution in [2.75, 3.05) is 0 Å². The number of carbonyl (C=O) groups is 1. The van der Waals surface area contributed by atoms with Gasteiger partial charge >= 0.3 is 5.97 Å². The zero-order valence-corrected chi connectivity index (χ0v) is 16.2. The first kappa shape index (κ1) is 24.9. The van der Waals surface area contributed by atoms with Gasteiger partial charge in [-0.05, 0) is 12.1 Å². The van der Waals surface area contributed by atoms with Crippen LogP contribution in [0.25, 0.3) is 0 Å². The van der Waals surface area contributed by atoms with E-state index in [-0.39, 0.29) is 0 Å². The zero-order chi connectivity index (χ0) is 25.3. The van der Waals surface area contributed by atoms with E-state index in [1.807, 2.05) is 0 Å². The van der Waals surface area contributed by atoms with Crippen molar-refractivity contribution in [3.63, 3.8) is 0 Å². The van der Waals surface area contributed by atoms with E-state index in [1.165, 1.54) is 12.1 Å². The summed E-state index contributed by atoms with van der Waals surface area (Å²) in [5.41, 5.74) is -3.37. The zero-order valence-electron chi connectivity index (χ0n) is 16.2. The van der Waals surface area contributed by atoms with E-state index in [1.54, 1.807) is 0 Å². The smallest absolute Gasteiger partial charge is 0.342 e. The highest BCUT2D eigenvalue weighted by Crippen LogP contribution is 2.27. The van der Waals surface area contributed by atoms with Crippen LogP contribution in [0.4, 0.5) is 43.9 Å². The summed E-state index contributed by atoms with van der Waals surface area (Å²) >= 11 is 0. The van der Waals surface area contributed by atoms with E-state index in [0.29, 0.717) is 0 Å². The van der Waals surface area contributed by atoms with Gasteiger partial charge in [-0.25, -0.2) is 48.7 Å². The molecule has 0 amide bonds. The summed E-state index contributed by atoms with van der Waals surface area (Å²) in [6.07, 6.45) is 0. The monoisotopic (exact) mass is 498 g/mol. The summed E-state index contributed by atoms with van der Waals surface area (Å²) < 4.78 is 144. The first-order chi connectivity index (χ1) is 16.0. The fraction of sp³-hybridized carbons (Fsp3) is 0.0952. The Hall–Kier alpha value is -3.77. The normalized spacial score (nSPS) is 11.0. The van der Waals surface area contributed by atoms with Gasteiger partial charge in [-0.15, -0.1) is 0 Å². The van der Waals surface area contributed by atoms with Gasteiger partial charge in [0.15, 0.2) is 46.5 Å². The summed E-state index contributed by atoms with van der Waals surface area (Å²) in [7, 11) is 0. The van der Waals surface area contributed by atoms with Crippen LogP contribution < -0.4 is 4.74 Å². The van der Waals surface area contributed by atoms with Crippen LogP contribution in [0.2, 0.25) is 0 Å². The first-order valence-electron chi connectivity index (χ1n) is 8.86. The Labute approximate surface area is 183 Å². The highest BCUT2D eigenvalue weighted by Gasteiger charge is 2.28. The average Bonchev–Trinajstić information content (AvgIpc) is 2.83. The molecule has 0 saturated carbocycles. The SMILES string of the molecule is O=C(OCc1c(F)c(F)c(F)c(F)c1F)c1ccccc1OCc1c(F)c(F)c(F)c(F)c1F. The Kier molecular flexibility index (Phi) is 7.03. The molecule has 3 aromatic carbocycles. The van der Waals surface area contributed by atoms with Crippen molar-refractivity contribution in [2.24, 2.45) is 0 Å². The van der Waals surface area contributed by atoms with Gasteiger partial charge in [-0.3, -0.25) is 0 Å². The molecular weight excluding hydrogens is 490 g/mol. The maximum Gasteiger partial charge on any atom is 0.342 e. The standard InChI is InChI=1S/C21H8F10O3/c22-11-8(12(23)16(27)19(30)15(11)26)5-33-10-4-2-1-3-7(10)21(32)34-6-9-13(24)17(28)20(31)18(29)14(9)25/h1-4H,5-6H2. The molecule has 0 radical (unpaired) electrons. The van der Waals surface area contributed by atoms with Gasteiger partial charge in [-0.1, -0.05) is 12.1 Å². The third-order valence-corrected chi connectivity index (χ3v) is 4.43. The molecule has 0 N–H and O–H groups in total. The predicted octanol–water partition coefficient (Wildman–Crippen LogP) is 6.01. The number of esters is 1. The minimum atomic E-state index is -2.42. The van der Waals surface area contributed by atoms with E-state index in [4.69, 9.17) is 4.74 Å². The predicted molar refractivity (Wildman–Crippen MR) is 92.4 cm³/mol. The van der Waals surface area contributed by atoms with Crippen molar-refractivity contribution in [2.45, 2.75) is 13.2 Å². The van der Waals surface area contributed by atoms with Crippen molar-refractivity contribution in [1.82, 2.24) is 0 Å². The van der Waals surface area contributed by atoms with E-state index < -0.39 is 99.8 Å². The summed E-state index contributed by atoms with van der Waals surface area (Å²) in [6.45, 7) is -2.65. The van der Waals surface area contributed by atoms with Crippen LogP contribution in [0.5, 0.6) is 5.75 Å². The van der Waals surface area contributed by atoms with E-state index >= 15 is 0 Å². The molecule has 3 nitrogen and oxygen atoms in total. The Morgan fingerprint density at radius 2 is 0.941 bits per heavy atom. The number of rotatable bonds is 6. The molecule has 0 atom stereocenters. The Bertz CT molecular complexity index is 1230. The first-order valence-corrected chi connectivity index (χ1v) is 8.86. The molecule has 0 bridgehead atoms. The Balaban J connectivity index is 1.83. The molecule has 0 fully saturated rings. The van der Waals surface area contributed by atoms with Crippen molar-refractivity contribution >= 4 is 5.97 Å². The maximum atomic E-state index is 13.8. The molecule has 0 unspecified atom stereocenters. The summed E-state index contributed by atoms with van der Waals surface area (Å²) in [5.74, 6) is -24.6. The Morgan fingerprint density at radius 1 is 0.559 bits per heavy atom. The van der Waals surface area contributed by atoms with Gasteiger partial charge in [0.1, 0.15) is 24.5 Å². The van der Waals surface area contributed by atoms with Gasteiger partial charge in [-0.2, -0.15) is 0 Å². The number of halogens is 10. The van der Waals surface area contributed by atoms with Crippen LogP contribution in [0, 0.1) is 58.2 Å². The highest BCUT2D eigenvalue weighted by molar-refractivity contribution is 5.92. The molecule has 3 aromatic rings. The molecular formula is C21H8F10O3. The van der Waals surface area contributed by atoms with Crippen molar-refractivity contribution in [3.05, 3.63) is 99.1 Å². The van der Waals surface area contributed by atoms with Gasteiger partial charge < -0.3 is 9.47 Å². The number of benzene rings is 3. The van der Waals surface area contributed by atoms with Crippen LogP contribution in [-0.4, -0.2) is 5.97 Å². The molecule has 180 valence electrons. The van der Waals surface area contributed by atoms with Crippen molar-refractivity contribution in [1.29, 1.82) is 0 Å². The van der Waals surface area contributed by atoms with Crippen LogP contribution >= 0.6 is 0 Å². The molecule has 0 heterocycles. The highest BCUT2D eigenvalue weighted by atomic mass is 19.2. The number of carbonyl (C=O) groups excluding carboxylic acids is 1. The average molecular weight is 498 g/mol. The van der Waals surface area contributed by atoms with Crippen LogP contribution in [-0.2, 0) is 18.0 Å². The van der Waals surface area contributed by atoms with Crippen LogP contribution in [0.15, 0.2) is 24.3 Å². The second kappa shape index (κ2) is 9.61. The summed E-state index contributed by atoms with van der Waals surface area (Å²) in [4.78, 5) is 12.3. The molecule has 0 saturated heterocycles. The lowest BCUT2D eigenvalue weighted by Crippen LogP contribution is -2.13. The van der Waals surface area contributed by atoms with E-state index in [2.05, 4.69) is 4.74 Å². The lowest BCUT2D eigenvalue weighted by Gasteiger charge is -2.13. The number of hydrogen-bond acceptors (Lipinski definition) is 3. The van der Waals surface area contributed by atoms with Gasteiger partial charge in [0, 0.05) is 0 Å². The molecule has 0 aliphatic rings. The van der Waals surface area contributed by atoms with Gasteiger partial charge in [0.25, 0.3) is 0 Å². The molecule has 34 heavy (non-hydrogen) atoms. The summed E-state index contributed by atoms with van der Waals surface area (Å²) in [5, 5.41) is 0. The molecule has 0 aliphatic carbocycles. The molecule has 13 heteroatoms. The van der Waals surface area contributed by atoms with E-state index in [9.17, 15) is 48.7 Å². The number of ether oxygens (including phenoxy) is 2. The lowest BCUT2D eigenvalue weighted by atomic mass is 10.1. The molecule has 0 aliphatic heterocycles. The number of hydrogen-bond donors (Lipinski definition) is 0. The second-order valence-corrected chi connectivity index (χ2v) is 6.46. The van der Waals surface area contributed by atoms with Crippen LogP contribution in [0.1, 0.15) is 21.5 Å². The third-order valence-electron chi connectivity index (χ3n) is 4.43. The maximum absolute atomic E-state index is 13.8. The van der Waals surface area contributed by atoms with Crippen molar-refractivity contribution in [3.8, 4) is 5.75 Å². The fourth-order valence-corrected chi connectivity index (χ4v) is 2.68. The second-order valence-electron chi connectivity index (χ2n) is 6.46. The van der Waals surface area contributed by atoms with Crippen molar-refractivity contribution < 1.29 is 58.2 Å². The minimum absolute atomic E-state index is 0.520.